The predicted molar refractivity (Wildman–Crippen MR) is 132 cm³/mol. The smallest absolute Gasteiger partial charge is 0.237 e. The van der Waals surface area contributed by atoms with Crippen molar-refractivity contribution in [2.75, 3.05) is 12.8 Å². The molecule has 2 fully saturated rings. The van der Waals surface area contributed by atoms with Crippen LogP contribution in [0.4, 0.5) is 0 Å². The van der Waals surface area contributed by atoms with Crippen LogP contribution < -0.4 is 10.6 Å². The fraction of sp³-hybridized carbons (Fsp3) is 0.667. The summed E-state index contributed by atoms with van der Waals surface area (Å²) in [5, 5.41) is 48.3. The molecule has 9 atom stereocenters. The third-order valence-corrected chi connectivity index (χ3v) is 8.67. The number of rotatable bonds is 8. The minimum absolute atomic E-state index is 0.187. The number of ether oxygens (including phenoxy) is 1. The quantitative estimate of drug-likeness (QED) is 0.285. The summed E-state index contributed by atoms with van der Waals surface area (Å²) >= 11 is 15.0. The number of aliphatic hydroxyl groups excluding tert-OH is 4. The number of thioether (sulfide) groups is 2. The van der Waals surface area contributed by atoms with Gasteiger partial charge in [-0.15, -0.1) is 11.8 Å². The van der Waals surface area contributed by atoms with Crippen LogP contribution in [0.5, 0.6) is 0 Å². The molecule has 8 nitrogen and oxygen atoms in total. The monoisotopic (exact) mass is 540 g/mol. The van der Waals surface area contributed by atoms with Gasteiger partial charge in [-0.3, -0.25) is 4.79 Å². The Balaban J connectivity index is 1.57. The van der Waals surface area contributed by atoms with E-state index in [1.807, 2.05) is 6.07 Å². The lowest BCUT2D eigenvalue weighted by Crippen LogP contribution is -2.65. The number of carbonyl (C=O) groups excluding carboxylic acids is 1. The van der Waals surface area contributed by atoms with Crippen molar-refractivity contribution in [3.8, 4) is 0 Å². The number of benzene rings is 1. The van der Waals surface area contributed by atoms with Crippen molar-refractivity contribution < 1.29 is 30.0 Å². The molecule has 0 spiro atoms. The van der Waals surface area contributed by atoms with Crippen LogP contribution in [-0.4, -0.2) is 92.4 Å². The molecule has 0 saturated carbocycles. The summed E-state index contributed by atoms with van der Waals surface area (Å²) < 4.78 is 5.73. The van der Waals surface area contributed by atoms with Crippen molar-refractivity contribution in [3.05, 3.63) is 33.8 Å². The van der Waals surface area contributed by atoms with Crippen LogP contribution in [0.2, 0.25) is 10.0 Å². The van der Waals surface area contributed by atoms with E-state index in [4.69, 9.17) is 27.9 Å². The van der Waals surface area contributed by atoms with Gasteiger partial charge in [0.15, 0.2) is 0 Å². The predicted octanol–water partition coefficient (Wildman–Crippen LogP) is 0.993. The van der Waals surface area contributed by atoms with E-state index in [1.165, 1.54) is 18.7 Å². The summed E-state index contributed by atoms with van der Waals surface area (Å²) in [7, 11) is 0. The summed E-state index contributed by atoms with van der Waals surface area (Å²) in [5.41, 5.74) is 0.178. The number of aliphatic hydroxyl groups is 4. The van der Waals surface area contributed by atoms with Gasteiger partial charge in [0, 0.05) is 27.6 Å². The molecule has 0 unspecified atom stereocenters. The summed E-state index contributed by atoms with van der Waals surface area (Å²) in [6.45, 7) is 2.11. The molecule has 2 aliphatic heterocycles. The fourth-order valence-corrected chi connectivity index (χ4v) is 6.43. The van der Waals surface area contributed by atoms with Crippen LogP contribution in [0, 0.1) is 0 Å². The number of halogens is 2. The summed E-state index contributed by atoms with van der Waals surface area (Å²) in [6, 6.07) is 3.95. The normalized spacial score (nSPS) is 34.1. The molecular formula is C21H30Cl2N2O6S2. The maximum atomic E-state index is 12.9. The van der Waals surface area contributed by atoms with Gasteiger partial charge in [-0.1, -0.05) is 29.3 Å². The van der Waals surface area contributed by atoms with Gasteiger partial charge in [0.05, 0.1) is 18.2 Å². The molecular weight excluding hydrogens is 511 g/mol. The third kappa shape index (κ3) is 6.69. The molecule has 1 amide bonds. The highest BCUT2D eigenvalue weighted by Crippen LogP contribution is 2.31. The van der Waals surface area contributed by atoms with E-state index in [1.54, 1.807) is 30.2 Å². The standard InChI is InChI=1S/C21H30Cl2N2O6S2/c1-9(26)15(19-17(28)16(27)18(29)21(31-19)32-2)25-20(30)14-6-12(7-24-14)33-8-10-3-4-11(22)5-13(10)23/h3-5,9,12,14-19,21,24,26-29H,6-8H2,1-2H3,(H,25,30)/t9-,12+,14+,15-,16+,17-,18-,19-,21-/m1/s1. The zero-order chi connectivity index (χ0) is 24.3. The Hall–Kier alpha value is -0.270. The lowest BCUT2D eigenvalue weighted by Gasteiger charge is -2.44. The highest BCUT2D eigenvalue weighted by molar-refractivity contribution is 7.99. The highest BCUT2D eigenvalue weighted by Gasteiger charge is 2.48. The molecule has 2 heterocycles. The summed E-state index contributed by atoms with van der Waals surface area (Å²) in [5.74, 6) is 0.358. The average molecular weight is 542 g/mol. The van der Waals surface area contributed by atoms with Gasteiger partial charge in [0.1, 0.15) is 29.9 Å². The van der Waals surface area contributed by atoms with Gasteiger partial charge >= 0.3 is 0 Å². The Labute approximate surface area is 211 Å². The fourth-order valence-electron chi connectivity index (χ4n) is 3.98. The van der Waals surface area contributed by atoms with E-state index in [2.05, 4.69) is 10.6 Å². The first-order valence-electron chi connectivity index (χ1n) is 10.6. The van der Waals surface area contributed by atoms with Gasteiger partial charge in [-0.2, -0.15) is 11.8 Å². The van der Waals surface area contributed by atoms with Crippen LogP contribution in [0.15, 0.2) is 18.2 Å². The van der Waals surface area contributed by atoms with E-state index < -0.39 is 48.0 Å². The first kappa shape index (κ1) is 27.3. The van der Waals surface area contributed by atoms with E-state index in [-0.39, 0.29) is 11.2 Å². The number of carbonyl (C=O) groups is 1. The summed E-state index contributed by atoms with van der Waals surface area (Å²) in [4.78, 5) is 12.9. The van der Waals surface area contributed by atoms with Crippen molar-refractivity contribution in [3.63, 3.8) is 0 Å². The second-order valence-corrected chi connectivity index (χ2v) is 11.4. The highest BCUT2D eigenvalue weighted by atomic mass is 35.5. The van der Waals surface area contributed by atoms with Gasteiger partial charge in [-0.25, -0.2) is 0 Å². The number of amides is 1. The number of hydrogen-bond acceptors (Lipinski definition) is 9. The molecule has 186 valence electrons. The molecule has 1 aromatic carbocycles. The lowest BCUT2D eigenvalue weighted by molar-refractivity contribution is -0.211. The van der Waals surface area contributed by atoms with Gasteiger partial charge < -0.3 is 35.8 Å². The Morgan fingerprint density at radius 2 is 2.00 bits per heavy atom. The van der Waals surface area contributed by atoms with Crippen molar-refractivity contribution >= 4 is 52.6 Å². The largest absolute Gasteiger partial charge is 0.391 e. The molecule has 1 aromatic rings. The minimum Gasteiger partial charge on any atom is -0.391 e. The Morgan fingerprint density at radius 3 is 2.64 bits per heavy atom. The Morgan fingerprint density at radius 1 is 1.27 bits per heavy atom. The third-order valence-electron chi connectivity index (χ3n) is 5.92. The molecule has 0 aliphatic carbocycles. The van der Waals surface area contributed by atoms with E-state index >= 15 is 0 Å². The van der Waals surface area contributed by atoms with Crippen LogP contribution >= 0.6 is 46.7 Å². The molecule has 2 aliphatic rings. The van der Waals surface area contributed by atoms with E-state index in [0.29, 0.717) is 28.8 Å². The number of nitrogens with one attached hydrogen (secondary N) is 2. The van der Waals surface area contributed by atoms with Crippen molar-refractivity contribution in [2.45, 2.75) is 72.4 Å². The molecule has 12 heteroatoms. The second-order valence-electron chi connectivity index (χ2n) is 8.32. The molecule has 6 N–H and O–H groups in total. The molecule has 33 heavy (non-hydrogen) atoms. The van der Waals surface area contributed by atoms with Crippen LogP contribution in [-0.2, 0) is 15.3 Å². The molecule has 0 aromatic heterocycles. The zero-order valence-corrected chi connectivity index (χ0v) is 21.4. The van der Waals surface area contributed by atoms with E-state index in [9.17, 15) is 25.2 Å². The first-order valence-corrected chi connectivity index (χ1v) is 13.7. The SMILES string of the molecule is CS[C@H]1O[C@H]([C@H](NC(=O)[C@@H]2C[C@H](SCc3ccc(Cl)cc3Cl)CN2)[C@@H](C)O)[C@H](O)[C@H](O)[C@H]1O. The molecule has 0 radical (unpaired) electrons. The van der Waals surface area contributed by atoms with Gasteiger partial charge in [0.2, 0.25) is 5.91 Å². The second kappa shape index (κ2) is 12.1. The summed E-state index contributed by atoms with van der Waals surface area (Å²) in [6.07, 6.45) is -4.06. The lowest BCUT2D eigenvalue weighted by atomic mass is 9.92. The number of hydrogen-bond donors (Lipinski definition) is 6. The van der Waals surface area contributed by atoms with Crippen molar-refractivity contribution in [2.24, 2.45) is 0 Å². The van der Waals surface area contributed by atoms with E-state index in [0.717, 1.165) is 5.56 Å². The zero-order valence-electron chi connectivity index (χ0n) is 18.2. The van der Waals surface area contributed by atoms with Crippen LogP contribution in [0.1, 0.15) is 18.9 Å². The average Bonchev–Trinajstić information content (AvgIpc) is 3.25. The first-order chi connectivity index (χ1) is 15.6. The van der Waals surface area contributed by atoms with Crippen LogP contribution in [0.25, 0.3) is 0 Å². The van der Waals surface area contributed by atoms with Crippen molar-refractivity contribution in [1.82, 2.24) is 10.6 Å². The van der Waals surface area contributed by atoms with Crippen molar-refractivity contribution in [1.29, 1.82) is 0 Å². The topological polar surface area (TPSA) is 131 Å². The van der Waals surface area contributed by atoms with Gasteiger partial charge in [-0.05, 0) is 37.3 Å². The molecule has 0 bridgehead atoms. The molecule has 2 saturated heterocycles. The maximum absolute atomic E-state index is 12.9. The Kier molecular flexibility index (Phi) is 10.0. The minimum atomic E-state index is -1.47. The Bertz CT molecular complexity index is 821. The molecule has 3 rings (SSSR count). The van der Waals surface area contributed by atoms with Gasteiger partial charge in [0.25, 0.3) is 0 Å². The maximum Gasteiger partial charge on any atom is 0.237 e. The van der Waals surface area contributed by atoms with Crippen LogP contribution in [0.3, 0.4) is 0 Å².